The molecule has 3 rings (SSSR count). The van der Waals surface area contributed by atoms with Gasteiger partial charge in [-0.1, -0.05) is 23.7 Å². The lowest BCUT2D eigenvalue weighted by molar-refractivity contribution is 0.626. The molecule has 0 aliphatic heterocycles. The van der Waals surface area contributed by atoms with Crippen molar-refractivity contribution in [2.75, 3.05) is 5.32 Å². The highest BCUT2D eigenvalue weighted by atomic mass is 35.5. The van der Waals surface area contributed by atoms with Gasteiger partial charge >= 0.3 is 0 Å². The summed E-state index contributed by atoms with van der Waals surface area (Å²) in [6.45, 7) is 1.99. The Balaban J connectivity index is 1.85. The van der Waals surface area contributed by atoms with Crippen LogP contribution in [0.4, 0.5) is 10.2 Å². The Bertz CT molecular complexity index is 814. The van der Waals surface area contributed by atoms with Crippen LogP contribution in [-0.4, -0.2) is 14.8 Å². The number of anilines is 1. The molecule has 0 bridgehead atoms. The summed E-state index contributed by atoms with van der Waals surface area (Å²) < 4.78 is 14.7. The zero-order chi connectivity index (χ0) is 16.4. The molecule has 118 valence electrons. The predicted octanol–water partition coefficient (Wildman–Crippen LogP) is 4.45. The zero-order valence-electron chi connectivity index (χ0n) is 12.8. The maximum absolute atomic E-state index is 13.0. The molecule has 0 radical (unpaired) electrons. The van der Waals surface area contributed by atoms with Crippen molar-refractivity contribution >= 4 is 17.4 Å². The number of nitrogens with zero attached hydrogens (tertiary/aromatic N) is 3. The Kier molecular flexibility index (Phi) is 4.30. The van der Waals surface area contributed by atoms with Crippen LogP contribution in [0.5, 0.6) is 0 Å². The van der Waals surface area contributed by atoms with Gasteiger partial charge in [-0.05, 0) is 42.3 Å². The van der Waals surface area contributed by atoms with Crippen molar-refractivity contribution in [3.8, 4) is 11.1 Å². The molecular formula is C17H16ClFN4. The second-order valence-corrected chi connectivity index (χ2v) is 5.77. The number of aromatic nitrogens is 3. The molecule has 1 aromatic carbocycles. The summed E-state index contributed by atoms with van der Waals surface area (Å²) in [5.74, 6) is 0.411. The molecule has 1 atom stereocenters. The van der Waals surface area contributed by atoms with E-state index in [0.29, 0.717) is 11.0 Å². The quantitative estimate of drug-likeness (QED) is 0.719. The molecular weight excluding hydrogens is 315 g/mol. The van der Waals surface area contributed by atoms with Gasteiger partial charge < -0.3 is 5.32 Å². The minimum absolute atomic E-state index is 0.0247. The molecule has 0 unspecified atom stereocenters. The van der Waals surface area contributed by atoms with E-state index in [4.69, 9.17) is 11.6 Å². The van der Waals surface area contributed by atoms with Crippen molar-refractivity contribution in [1.29, 1.82) is 0 Å². The minimum atomic E-state index is -0.249. The summed E-state index contributed by atoms with van der Waals surface area (Å²) in [5, 5.41) is 7.86. The van der Waals surface area contributed by atoms with Gasteiger partial charge in [0.05, 0.1) is 6.20 Å². The molecule has 0 amide bonds. The predicted molar refractivity (Wildman–Crippen MR) is 89.9 cm³/mol. The molecule has 0 aliphatic rings. The maximum atomic E-state index is 13.0. The fourth-order valence-electron chi connectivity index (χ4n) is 2.36. The van der Waals surface area contributed by atoms with Crippen molar-refractivity contribution < 1.29 is 4.39 Å². The second kappa shape index (κ2) is 6.38. The SMILES string of the molecule is C[C@H](Nc1cc(-c2cnn(C)c2)cc(Cl)n1)c1ccc(F)cc1. The molecule has 6 heteroatoms. The number of pyridine rings is 1. The number of hydrogen-bond acceptors (Lipinski definition) is 3. The smallest absolute Gasteiger partial charge is 0.132 e. The topological polar surface area (TPSA) is 42.7 Å². The second-order valence-electron chi connectivity index (χ2n) is 5.38. The summed E-state index contributed by atoms with van der Waals surface area (Å²) >= 11 is 6.13. The van der Waals surface area contributed by atoms with Crippen LogP contribution >= 0.6 is 11.6 Å². The van der Waals surface area contributed by atoms with E-state index < -0.39 is 0 Å². The lowest BCUT2D eigenvalue weighted by Crippen LogP contribution is -2.08. The number of halogens is 2. The summed E-state index contributed by atoms with van der Waals surface area (Å²) in [4.78, 5) is 4.30. The van der Waals surface area contributed by atoms with E-state index in [1.165, 1.54) is 12.1 Å². The third-order valence-electron chi connectivity index (χ3n) is 3.57. The van der Waals surface area contributed by atoms with Gasteiger partial charge in [0, 0.05) is 24.8 Å². The van der Waals surface area contributed by atoms with Crippen LogP contribution in [0.15, 0.2) is 48.8 Å². The van der Waals surface area contributed by atoms with E-state index in [9.17, 15) is 4.39 Å². The first kappa shape index (κ1) is 15.5. The number of nitrogens with one attached hydrogen (secondary N) is 1. The molecule has 0 saturated heterocycles. The largest absolute Gasteiger partial charge is 0.363 e. The Morgan fingerprint density at radius 2 is 1.91 bits per heavy atom. The first-order chi connectivity index (χ1) is 11.0. The van der Waals surface area contributed by atoms with Gasteiger partial charge in [-0.2, -0.15) is 5.10 Å². The average Bonchev–Trinajstić information content (AvgIpc) is 2.94. The van der Waals surface area contributed by atoms with Crippen LogP contribution in [0.1, 0.15) is 18.5 Å². The number of hydrogen-bond donors (Lipinski definition) is 1. The molecule has 0 aliphatic carbocycles. The zero-order valence-corrected chi connectivity index (χ0v) is 13.5. The average molecular weight is 331 g/mol. The minimum Gasteiger partial charge on any atom is -0.363 e. The van der Waals surface area contributed by atoms with E-state index in [2.05, 4.69) is 15.4 Å². The fraction of sp³-hybridized carbons (Fsp3) is 0.176. The number of rotatable bonds is 4. The Morgan fingerprint density at radius 3 is 2.57 bits per heavy atom. The monoisotopic (exact) mass is 330 g/mol. The van der Waals surface area contributed by atoms with Gasteiger partial charge in [0.1, 0.15) is 16.8 Å². The van der Waals surface area contributed by atoms with Crippen molar-refractivity contribution in [3.05, 3.63) is 65.3 Å². The number of benzene rings is 1. The fourth-order valence-corrected chi connectivity index (χ4v) is 2.57. The summed E-state index contributed by atoms with van der Waals surface area (Å²) in [6.07, 6.45) is 3.69. The summed E-state index contributed by atoms with van der Waals surface area (Å²) in [7, 11) is 1.86. The standard InChI is InChI=1S/C17H16ClFN4/c1-11(12-3-5-15(19)6-4-12)21-17-8-13(7-16(18)22-17)14-9-20-23(2)10-14/h3-11H,1-2H3,(H,21,22)/t11-/m0/s1. The molecule has 2 aromatic heterocycles. The van der Waals surface area contributed by atoms with Gasteiger partial charge in [-0.25, -0.2) is 9.37 Å². The van der Waals surface area contributed by atoms with E-state index in [0.717, 1.165) is 16.7 Å². The van der Waals surface area contributed by atoms with Crippen LogP contribution in [0, 0.1) is 5.82 Å². The highest BCUT2D eigenvalue weighted by molar-refractivity contribution is 6.29. The van der Waals surface area contributed by atoms with Crippen molar-refractivity contribution in [3.63, 3.8) is 0 Å². The third-order valence-corrected chi connectivity index (χ3v) is 3.76. The molecule has 1 N–H and O–H groups in total. The molecule has 23 heavy (non-hydrogen) atoms. The summed E-state index contributed by atoms with van der Waals surface area (Å²) in [5.41, 5.74) is 2.87. The van der Waals surface area contributed by atoms with Crippen LogP contribution < -0.4 is 5.32 Å². The highest BCUT2D eigenvalue weighted by Gasteiger charge is 2.10. The molecule has 0 fully saturated rings. The molecule has 4 nitrogen and oxygen atoms in total. The Morgan fingerprint density at radius 1 is 1.17 bits per heavy atom. The summed E-state index contributed by atoms with van der Waals surface area (Å²) in [6, 6.07) is 10.1. The lowest BCUT2D eigenvalue weighted by atomic mass is 10.1. The lowest BCUT2D eigenvalue weighted by Gasteiger charge is -2.16. The molecule has 0 saturated carbocycles. The maximum Gasteiger partial charge on any atom is 0.132 e. The van der Waals surface area contributed by atoms with Gasteiger partial charge in [0.15, 0.2) is 0 Å². The van der Waals surface area contributed by atoms with Gasteiger partial charge in [0.2, 0.25) is 0 Å². The van der Waals surface area contributed by atoms with Crippen LogP contribution in [0.2, 0.25) is 5.15 Å². The Labute approximate surface area is 138 Å². The third kappa shape index (κ3) is 3.68. The Hall–Kier alpha value is -2.40. The van der Waals surface area contributed by atoms with E-state index >= 15 is 0 Å². The van der Waals surface area contributed by atoms with E-state index in [-0.39, 0.29) is 11.9 Å². The highest BCUT2D eigenvalue weighted by Crippen LogP contribution is 2.26. The van der Waals surface area contributed by atoms with Crippen molar-refractivity contribution in [2.45, 2.75) is 13.0 Å². The van der Waals surface area contributed by atoms with Crippen LogP contribution in [-0.2, 0) is 7.05 Å². The molecule has 2 heterocycles. The first-order valence-electron chi connectivity index (χ1n) is 7.20. The van der Waals surface area contributed by atoms with Gasteiger partial charge in [0.25, 0.3) is 0 Å². The van der Waals surface area contributed by atoms with Crippen molar-refractivity contribution in [2.24, 2.45) is 7.05 Å². The molecule has 0 spiro atoms. The van der Waals surface area contributed by atoms with Gasteiger partial charge in [-0.3, -0.25) is 4.68 Å². The van der Waals surface area contributed by atoms with Crippen molar-refractivity contribution in [1.82, 2.24) is 14.8 Å². The van der Waals surface area contributed by atoms with Crippen LogP contribution in [0.3, 0.4) is 0 Å². The first-order valence-corrected chi connectivity index (χ1v) is 7.57. The van der Waals surface area contributed by atoms with E-state index in [1.807, 2.05) is 26.2 Å². The van der Waals surface area contributed by atoms with Crippen LogP contribution in [0.25, 0.3) is 11.1 Å². The molecule has 3 aromatic rings. The van der Waals surface area contributed by atoms with Gasteiger partial charge in [-0.15, -0.1) is 0 Å². The van der Waals surface area contributed by atoms with E-state index in [1.54, 1.807) is 29.1 Å². The number of aryl methyl sites for hydroxylation is 1. The normalized spacial score (nSPS) is 12.2.